The molecule has 0 N–H and O–H groups in total. The molecule has 1 fully saturated rings. The average molecular weight is 269 g/mol. The van der Waals surface area contributed by atoms with E-state index in [4.69, 9.17) is 21.1 Å². The van der Waals surface area contributed by atoms with Crippen LogP contribution in [-0.4, -0.2) is 26.1 Å². The molecule has 0 aliphatic carbocycles. The van der Waals surface area contributed by atoms with Crippen molar-refractivity contribution in [2.45, 2.75) is 19.3 Å². The normalized spacial score (nSPS) is 18.9. The second-order valence-corrected chi connectivity index (χ2v) is 5.04. The molecule has 1 atom stereocenters. The van der Waals surface area contributed by atoms with Crippen LogP contribution in [0.1, 0.15) is 18.4 Å². The number of hydrogen-bond donors (Lipinski definition) is 0. The van der Waals surface area contributed by atoms with E-state index < -0.39 is 0 Å². The number of methoxy groups -OCH3 is 1. The number of halogens is 1. The van der Waals surface area contributed by atoms with Crippen molar-refractivity contribution in [3.05, 3.63) is 28.8 Å². The van der Waals surface area contributed by atoms with Crippen molar-refractivity contribution in [3.63, 3.8) is 0 Å². The summed E-state index contributed by atoms with van der Waals surface area (Å²) in [6.07, 6.45) is 1.94. The molecule has 0 aromatic heterocycles. The average Bonchev–Trinajstić information content (AvgIpc) is 2.82. The fraction of sp³-hybridized carbons (Fsp3) is 0.500. The van der Waals surface area contributed by atoms with Gasteiger partial charge >= 0.3 is 0 Å². The van der Waals surface area contributed by atoms with Crippen molar-refractivity contribution >= 4 is 17.4 Å². The number of carbonyl (C=O) groups excluding carboxylic acids is 1. The zero-order chi connectivity index (χ0) is 13.0. The van der Waals surface area contributed by atoms with Crippen LogP contribution in [0.2, 0.25) is 5.02 Å². The summed E-state index contributed by atoms with van der Waals surface area (Å²) in [5.41, 5.74) is 0.855. The summed E-state index contributed by atoms with van der Waals surface area (Å²) in [5.74, 6) is 1.31. The van der Waals surface area contributed by atoms with E-state index in [1.54, 1.807) is 25.3 Å². The second kappa shape index (κ2) is 6.21. The number of carbonyl (C=O) groups is 1. The van der Waals surface area contributed by atoms with Crippen molar-refractivity contribution in [3.8, 4) is 5.75 Å². The molecule has 3 nitrogen and oxygen atoms in total. The van der Waals surface area contributed by atoms with E-state index in [0.717, 1.165) is 24.3 Å². The summed E-state index contributed by atoms with van der Waals surface area (Å²) in [6.45, 7) is 1.48. The molecule has 98 valence electrons. The zero-order valence-corrected chi connectivity index (χ0v) is 11.2. The van der Waals surface area contributed by atoms with E-state index in [1.807, 2.05) is 0 Å². The highest BCUT2D eigenvalue weighted by Gasteiger charge is 2.20. The Kier molecular flexibility index (Phi) is 4.61. The van der Waals surface area contributed by atoms with Crippen molar-refractivity contribution in [1.82, 2.24) is 0 Å². The number of benzene rings is 1. The number of ketones is 1. The van der Waals surface area contributed by atoms with Gasteiger partial charge in [0.05, 0.1) is 7.11 Å². The highest BCUT2D eigenvalue weighted by atomic mass is 35.5. The Balaban J connectivity index is 1.99. The molecule has 1 saturated heterocycles. The summed E-state index contributed by atoms with van der Waals surface area (Å²) in [7, 11) is 1.60. The van der Waals surface area contributed by atoms with Crippen LogP contribution in [0.25, 0.3) is 0 Å². The van der Waals surface area contributed by atoms with Gasteiger partial charge in [-0.3, -0.25) is 4.79 Å². The first-order valence-electron chi connectivity index (χ1n) is 6.11. The Labute approximate surface area is 112 Å². The molecule has 1 aliphatic heterocycles. The van der Waals surface area contributed by atoms with Gasteiger partial charge in [-0.1, -0.05) is 11.6 Å². The minimum atomic E-state index is 0.214. The minimum absolute atomic E-state index is 0.214. The van der Waals surface area contributed by atoms with Gasteiger partial charge in [-0.25, -0.2) is 0 Å². The van der Waals surface area contributed by atoms with Crippen LogP contribution in [0.15, 0.2) is 18.2 Å². The molecule has 0 saturated carbocycles. The Morgan fingerprint density at radius 2 is 2.39 bits per heavy atom. The van der Waals surface area contributed by atoms with Crippen LogP contribution in [0, 0.1) is 5.92 Å². The molecule has 1 unspecified atom stereocenters. The van der Waals surface area contributed by atoms with Crippen molar-refractivity contribution in [2.24, 2.45) is 5.92 Å². The lowest BCUT2D eigenvalue weighted by molar-refractivity contribution is -0.119. The summed E-state index contributed by atoms with van der Waals surface area (Å²) < 4.78 is 10.5. The summed E-state index contributed by atoms with van der Waals surface area (Å²) >= 11 is 5.94. The largest absolute Gasteiger partial charge is 0.496 e. The first-order valence-corrected chi connectivity index (χ1v) is 6.48. The third-order valence-corrected chi connectivity index (χ3v) is 3.41. The Hall–Kier alpha value is -1.06. The number of rotatable bonds is 5. The smallest absolute Gasteiger partial charge is 0.137 e. The highest BCUT2D eigenvalue weighted by molar-refractivity contribution is 6.30. The van der Waals surface area contributed by atoms with Gasteiger partial charge in [0.25, 0.3) is 0 Å². The van der Waals surface area contributed by atoms with Gasteiger partial charge in [-0.05, 0) is 30.5 Å². The van der Waals surface area contributed by atoms with Gasteiger partial charge in [0.2, 0.25) is 0 Å². The van der Waals surface area contributed by atoms with E-state index in [-0.39, 0.29) is 5.78 Å². The van der Waals surface area contributed by atoms with Crippen LogP contribution in [-0.2, 0) is 16.0 Å². The lowest BCUT2D eigenvalue weighted by Gasteiger charge is -2.10. The molecule has 18 heavy (non-hydrogen) atoms. The predicted octanol–water partition coefficient (Wildman–Crippen LogP) is 2.89. The van der Waals surface area contributed by atoms with Gasteiger partial charge in [-0.2, -0.15) is 0 Å². The van der Waals surface area contributed by atoms with Gasteiger partial charge in [0, 0.05) is 36.6 Å². The molecule has 1 heterocycles. The molecule has 1 aromatic rings. The highest BCUT2D eigenvalue weighted by Crippen LogP contribution is 2.25. The number of Topliss-reactive ketones (excluding diaryl/α,β-unsaturated/α-hetero) is 1. The molecule has 1 aliphatic rings. The quantitative estimate of drug-likeness (QED) is 0.824. The summed E-state index contributed by atoms with van der Waals surface area (Å²) in [5, 5.41) is 0.628. The number of hydrogen-bond acceptors (Lipinski definition) is 3. The van der Waals surface area contributed by atoms with Crippen molar-refractivity contribution in [2.75, 3.05) is 20.3 Å². The Morgan fingerprint density at radius 1 is 1.56 bits per heavy atom. The maximum atomic E-state index is 12.0. The standard InChI is InChI=1S/C14H17ClO3/c1-17-14-3-2-12(15)7-11(14)8-13(16)6-10-4-5-18-9-10/h2-3,7,10H,4-6,8-9H2,1H3. The maximum Gasteiger partial charge on any atom is 0.137 e. The van der Waals surface area contributed by atoms with Crippen LogP contribution in [0.5, 0.6) is 5.75 Å². The molecule has 2 rings (SSSR count). The van der Waals surface area contributed by atoms with Crippen LogP contribution < -0.4 is 4.74 Å². The first kappa shape index (κ1) is 13.4. The van der Waals surface area contributed by atoms with Crippen LogP contribution in [0.4, 0.5) is 0 Å². The molecule has 0 spiro atoms. The fourth-order valence-corrected chi connectivity index (χ4v) is 2.43. The van der Waals surface area contributed by atoms with Crippen LogP contribution >= 0.6 is 11.6 Å². The molecular weight excluding hydrogens is 252 g/mol. The van der Waals surface area contributed by atoms with Crippen LogP contribution in [0.3, 0.4) is 0 Å². The third-order valence-electron chi connectivity index (χ3n) is 3.17. The van der Waals surface area contributed by atoms with Crippen molar-refractivity contribution < 1.29 is 14.3 Å². The second-order valence-electron chi connectivity index (χ2n) is 4.61. The topological polar surface area (TPSA) is 35.5 Å². The minimum Gasteiger partial charge on any atom is -0.496 e. The van der Waals surface area contributed by atoms with Gasteiger partial charge < -0.3 is 9.47 Å². The predicted molar refractivity (Wildman–Crippen MR) is 70.3 cm³/mol. The van der Waals surface area contributed by atoms with Gasteiger partial charge in [0.1, 0.15) is 11.5 Å². The lowest BCUT2D eigenvalue weighted by Crippen LogP contribution is -2.11. The number of ether oxygens (including phenoxy) is 2. The van der Waals surface area contributed by atoms with Gasteiger partial charge in [-0.15, -0.1) is 0 Å². The zero-order valence-electron chi connectivity index (χ0n) is 10.4. The molecule has 4 heteroatoms. The molecule has 1 aromatic carbocycles. The van der Waals surface area contributed by atoms with E-state index >= 15 is 0 Å². The third kappa shape index (κ3) is 3.47. The van der Waals surface area contributed by atoms with E-state index in [0.29, 0.717) is 30.4 Å². The summed E-state index contributed by atoms with van der Waals surface area (Å²) in [6, 6.07) is 5.35. The molecule has 0 amide bonds. The fourth-order valence-electron chi connectivity index (χ4n) is 2.24. The molecule has 0 bridgehead atoms. The maximum absolute atomic E-state index is 12.0. The SMILES string of the molecule is COc1ccc(Cl)cc1CC(=O)CC1CCOC1. The Morgan fingerprint density at radius 3 is 3.06 bits per heavy atom. The van der Waals surface area contributed by atoms with Crippen molar-refractivity contribution in [1.29, 1.82) is 0 Å². The first-order chi connectivity index (χ1) is 8.69. The van der Waals surface area contributed by atoms with E-state index in [1.165, 1.54) is 0 Å². The van der Waals surface area contributed by atoms with E-state index in [9.17, 15) is 4.79 Å². The van der Waals surface area contributed by atoms with Gasteiger partial charge in [0.15, 0.2) is 0 Å². The summed E-state index contributed by atoms with van der Waals surface area (Å²) in [4.78, 5) is 12.0. The molecule has 0 radical (unpaired) electrons. The lowest BCUT2D eigenvalue weighted by atomic mass is 9.97. The molecular formula is C14H17ClO3. The Bertz CT molecular complexity index is 425. The van der Waals surface area contributed by atoms with E-state index in [2.05, 4.69) is 0 Å². The monoisotopic (exact) mass is 268 g/mol.